The molecule has 24 heteroatoms. The molecule has 0 unspecified atom stereocenters. The minimum absolute atomic E-state index is 0.00711. The fourth-order valence-corrected chi connectivity index (χ4v) is 6.15. The van der Waals surface area contributed by atoms with Crippen LogP contribution in [0.3, 0.4) is 0 Å². The second-order valence-corrected chi connectivity index (χ2v) is 14.1. The van der Waals surface area contributed by atoms with E-state index in [4.69, 9.17) is 43.6 Å². The van der Waals surface area contributed by atoms with Crippen molar-refractivity contribution in [2.45, 2.75) is 137 Å². The van der Waals surface area contributed by atoms with Crippen molar-refractivity contribution in [3.63, 3.8) is 0 Å². The maximum atomic E-state index is 12.4. The highest BCUT2D eigenvalue weighted by Crippen LogP contribution is 2.31. The number of ketones is 2. The van der Waals surface area contributed by atoms with Crippen LogP contribution >= 0.6 is 0 Å². The summed E-state index contributed by atoms with van der Waals surface area (Å²) in [5.74, 6) is -0.976. The largest absolute Gasteiger partial charge is 0.394 e. The number of amides is 1. The molecule has 0 spiro atoms. The molecule has 3 aliphatic heterocycles. The number of aliphatic hydroxyl groups is 10. The molecule has 0 aromatic heterocycles. The smallest absolute Gasteiger partial charge is 0.260 e. The third-order valence-electron chi connectivity index (χ3n) is 9.63. The molecular weight excluding hydrogens is 786 g/mol. The van der Waals surface area contributed by atoms with Gasteiger partial charge in [0.05, 0.1) is 45.7 Å². The third-order valence-corrected chi connectivity index (χ3v) is 9.63. The van der Waals surface area contributed by atoms with Gasteiger partial charge in [-0.1, -0.05) is 6.42 Å². The van der Waals surface area contributed by atoms with Crippen LogP contribution in [0.2, 0.25) is 0 Å². The summed E-state index contributed by atoms with van der Waals surface area (Å²) in [6, 6.07) is -0.552. The van der Waals surface area contributed by atoms with Crippen LogP contribution in [0, 0.1) is 0 Å². The fraction of sp³-hybridized carbons (Fsp3) is 0.912. The Morgan fingerprint density at radius 3 is 1.83 bits per heavy atom. The first kappa shape index (κ1) is 50.4. The predicted molar refractivity (Wildman–Crippen MR) is 190 cm³/mol. The molecule has 3 aliphatic rings. The maximum Gasteiger partial charge on any atom is 0.260 e. The highest BCUT2D eigenvalue weighted by atomic mass is 16.7. The van der Waals surface area contributed by atoms with E-state index in [2.05, 4.69) is 10.9 Å². The third kappa shape index (κ3) is 14.9. The standard InChI is InChI=1S/C34H61N3O21/c1-16(40)18(6-2-3-7-35)36-37-22(42)15-52-10-9-51-13-17(41)5-4-8-53-33-30(50)31(58-34-29(49)27(47)24(44)20(12-39)56-34)25(45)21(57-33)14-54-32-28(48)26(46)23(43)19(11-38)55-32/h18-21,23-34,36,38-39,43-50H,2-15,35H2,1H3,(H,37,42)/t18-,19+,20+,21+,23+,24+,25+,26-,27-,28-,29-,30-,31-,32-,33-,34+/m0/s1. The predicted octanol–water partition coefficient (Wildman–Crippen LogP) is -7.46. The molecule has 0 saturated carbocycles. The van der Waals surface area contributed by atoms with Gasteiger partial charge in [0.1, 0.15) is 92.2 Å². The molecule has 0 bridgehead atoms. The number of unbranched alkanes of at least 4 members (excludes halogenated alkanes) is 1. The number of aliphatic hydroxyl groups excluding tert-OH is 10. The van der Waals surface area contributed by atoms with Gasteiger partial charge in [0, 0.05) is 6.42 Å². The van der Waals surface area contributed by atoms with Crippen LogP contribution in [0.1, 0.15) is 39.0 Å². The summed E-state index contributed by atoms with van der Waals surface area (Å²) in [6.07, 6.45) is -23.2. The van der Waals surface area contributed by atoms with Crippen molar-refractivity contribution in [1.29, 1.82) is 0 Å². The molecule has 0 aromatic carbocycles. The van der Waals surface area contributed by atoms with E-state index in [-0.39, 0.29) is 57.4 Å². The molecule has 0 aliphatic carbocycles. The monoisotopic (exact) mass is 847 g/mol. The summed E-state index contributed by atoms with van der Waals surface area (Å²) in [5, 5.41) is 103. The number of carbonyl (C=O) groups excluding carboxylic acids is 3. The van der Waals surface area contributed by atoms with Gasteiger partial charge in [-0.15, -0.1) is 0 Å². The van der Waals surface area contributed by atoms with E-state index in [1.165, 1.54) is 6.92 Å². The normalized spacial score (nSPS) is 36.0. The van der Waals surface area contributed by atoms with Crippen molar-refractivity contribution in [2.75, 3.05) is 59.4 Å². The Hall–Kier alpha value is -1.99. The highest BCUT2D eigenvalue weighted by molar-refractivity contribution is 5.82. The molecule has 1 amide bonds. The molecule has 0 aromatic rings. The Balaban J connectivity index is 1.48. The van der Waals surface area contributed by atoms with E-state index in [0.717, 1.165) is 12.8 Å². The second-order valence-electron chi connectivity index (χ2n) is 14.1. The maximum absolute atomic E-state index is 12.4. The molecule has 58 heavy (non-hydrogen) atoms. The summed E-state index contributed by atoms with van der Waals surface area (Å²) >= 11 is 0. The van der Waals surface area contributed by atoms with E-state index in [9.17, 15) is 65.4 Å². The van der Waals surface area contributed by atoms with Gasteiger partial charge >= 0.3 is 0 Å². The van der Waals surface area contributed by atoms with Crippen LogP contribution in [0.25, 0.3) is 0 Å². The van der Waals surface area contributed by atoms with Gasteiger partial charge < -0.3 is 94.7 Å². The molecular formula is C34H61N3O21. The fourth-order valence-electron chi connectivity index (χ4n) is 6.15. The number of hydrogen-bond acceptors (Lipinski definition) is 23. The van der Waals surface area contributed by atoms with Gasteiger partial charge in [-0.05, 0) is 32.7 Å². The number of Topliss-reactive ketones (excluding diaryl/α,β-unsaturated/α-hetero) is 2. The van der Waals surface area contributed by atoms with Gasteiger partial charge in [0.15, 0.2) is 24.7 Å². The number of hydrogen-bond donors (Lipinski definition) is 13. The van der Waals surface area contributed by atoms with Gasteiger partial charge in [0.25, 0.3) is 5.91 Å². The lowest BCUT2D eigenvalue weighted by Gasteiger charge is -2.46. The quantitative estimate of drug-likeness (QED) is 0.0284. The topological polar surface area (TPSA) is 377 Å². The number of nitrogens with one attached hydrogen (secondary N) is 2. The highest BCUT2D eigenvalue weighted by Gasteiger charge is 2.52. The van der Waals surface area contributed by atoms with Crippen molar-refractivity contribution in [3.8, 4) is 0 Å². The average molecular weight is 848 g/mol. The number of carbonyl (C=O) groups is 3. The Labute approximate surface area is 334 Å². The van der Waals surface area contributed by atoms with Crippen molar-refractivity contribution >= 4 is 17.5 Å². The first-order valence-corrected chi connectivity index (χ1v) is 19.1. The Morgan fingerprint density at radius 2 is 1.22 bits per heavy atom. The lowest BCUT2D eigenvalue weighted by atomic mass is 9.96. The molecule has 3 heterocycles. The zero-order valence-corrected chi connectivity index (χ0v) is 32.2. The van der Waals surface area contributed by atoms with Crippen LogP contribution in [-0.4, -0.2) is 226 Å². The Kier molecular flexibility index (Phi) is 22.3. The van der Waals surface area contributed by atoms with Crippen molar-refractivity contribution in [1.82, 2.24) is 10.9 Å². The zero-order valence-electron chi connectivity index (χ0n) is 32.2. The molecule has 16 atom stereocenters. The van der Waals surface area contributed by atoms with E-state index >= 15 is 0 Å². The van der Waals surface area contributed by atoms with Crippen LogP contribution in [0.5, 0.6) is 0 Å². The van der Waals surface area contributed by atoms with E-state index in [1.54, 1.807) is 0 Å². The minimum atomic E-state index is -1.91. The molecule has 338 valence electrons. The number of ether oxygens (including phenoxy) is 8. The first-order chi connectivity index (χ1) is 27.6. The lowest BCUT2D eigenvalue weighted by Crippen LogP contribution is -2.65. The van der Waals surface area contributed by atoms with Gasteiger partial charge in [-0.3, -0.25) is 19.8 Å². The SMILES string of the molecule is CC(=O)[C@H](CCCCN)NNC(=O)COCCOCC(=O)CCCO[C@H]1O[C@H](CO[C@H]2O[C@H](CO)[C@@H](O)[C@H](O)[C@@H]2O)[C@@H](O)[C@H](O[C@H]2O[C@H](CO)[C@@H](O)[C@H](O)[C@@H]2O)[C@@H]1O. The molecule has 0 radical (unpaired) electrons. The molecule has 24 nitrogen and oxygen atoms in total. The van der Waals surface area contributed by atoms with Crippen LogP contribution in [0.15, 0.2) is 0 Å². The first-order valence-electron chi connectivity index (χ1n) is 19.1. The number of nitrogens with two attached hydrogens (primary N) is 1. The van der Waals surface area contributed by atoms with Gasteiger partial charge in [0.2, 0.25) is 0 Å². The Bertz CT molecular complexity index is 1220. The van der Waals surface area contributed by atoms with Crippen LogP contribution < -0.4 is 16.6 Å². The minimum Gasteiger partial charge on any atom is -0.394 e. The Morgan fingerprint density at radius 1 is 0.655 bits per heavy atom. The number of hydrazine groups is 1. The lowest BCUT2D eigenvalue weighted by molar-refractivity contribution is -0.366. The number of rotatable bonds is 26. The summed E-state index contributed by atoms with van der Waals surface area (Å²) in [6.45, 7) is -1.09. The summed E-state index contributed by atoms with van der Waals surface area (Å²) < 4.78 is 43.7. The van der Waals surface area contributed by atoms with Crippen molar-refractivity contribution in [3.05, 3.63) is 0 Å². The van der Waals surface area contributed by atoms with E-state index in [0.29, 0.717) is 13.0 Å². The average Bonchev–Trinajstić information content (AvgIpc) is 3.20. The molecule has 14 N–H and O–H groups in total. The zero-order chi connectivity index (χ0) is 42.9. The van der Waals surface area contributed by atoms with Crippen LogP contribution in [0.4, 0.5) is 0 Å². The van der Waals surface area contributed by atoms with Gasteiger partial charge in [-0.25, -0.2) is 5.43 Å². The molecule has 3 saturated heterocycles. The summed E-state index contributed by atoms with van der Waals surface area (Å²) in [7, 11) is 0. The van der Waals surface area contributed by atoms with E-state index in [1.807, 2.05) is 0 Å². The summed E-state index contributed by atoms with van der Waals surface area (Å²) in [5.41, 5.74) is 10.6. The summed E-state index contributed by atoms with van der Waals surface area (Å²) in [4.78, 5) is 36.1. The van der Waals surface area contributed by atoms with E-state index < -0.39 is 124 Å². The van der Waals surface area contributed by atoms with Crippen LogP contribution in [-0.2, 0) is 52.3 Å². The molecule has 3 rings (SSSR count). The van der Waals surface area contributed by atoms with Gasteiger partial charge in [-0.2, -0.15) is 0 Å². The molecule has 3 fully saturated rings. The second kappa shape index (κ2) is 25.7. The van der Waals surface area contributed by atoms with Crippen molar-refractivity contribution < 1.29 is 103 Å². The van der Waals surface area contributed by atoms with Crippen molar-refractivity contribution in [2.24, 2.45) is 5.73 Å².